The van der Waals surface area contributed by atoms with E-state index >= 15 is 0 Å². The maximum absolute atomic E-state index is 12.2. The van der Waals surface area contributed by atoms with Crippen LogP contribution in [0.5, 0.6) is 5.75 Å². The number of benzene rings is 2. The van der Waals surface area contributed by atoms with E-state index in [1.54, 1.807) is 24.3 Å². The van der Waals surface area contributed by atoms with E-state index in [4.69, 9.17) is 4.74 Å². The minimum Gasteiger partial charge on any atom is -0.493 e. The SMILES string of the molecule is CCOc1ccccc1/C=C/C(=O)Nc1cccc(NC(=O)C2CC2)c1. The predicted octanol–water partition coefficient (Wildman–Crippen LogP) is 4.09. The Hall–Kier alpha value is -3.08. The third-order valence-electron chi connectivity index (χ3n) is 3.98. The van der Waals surface area contributed by atoms with Crippen molar-refractivity contribution < 1.29 is 14.3 Å². The second kappa shape index (κ2) is 8.34. The van der Waals surface area contributed by atoms with Gasteiger partial charge < -0.3 is 15.4 Å². The summed E-state index contributed by atoms with van der Waals surface area (Å²) in [5.74, 6) is 0.674. The maximum atomic E-state index is 12.2. The largest absolute Gasteiger partial charge is 0.493 e. The molecule has 2 aromatic rings. The molecule has 0 aliphatic heterocycles. The lowest BCUT2D eigenvalue weighted by Crippen LogP contribution is -2.14. The highest BCUT2D eigenvalue weighted by atomic mass is 16.5. The van der Waals surface area contributed by atoms with Crippen molar-refractivity contribution in [1.29, 1.82) is 0 Å². The van der Waals surface area contributed by atoms with Crippen molar-refractivity contribution in [3.63, 3.8) is 0 Å². The summed E-state index contributed by atoms with van der Waals surface area (Å²) in [4.78, 5) is 24.0. The molecule has 0 atom stereocenters. The summed E-state index contributed by atoms with van der Waals surface area (Å²) in [6.45, 7) is 2.48. The molecule has 5 heteroatoms. The molecule has 0 radical (unpaired) electrons. The number of nitrogens with one attached hydrogen (secondary N) is 2. The Labute approximate surface area is 153 Å². The second-order valence-corrected chi connectivity index (χ2v) is 6.14. The Morgan fingerprint density at radius 2 is 1.81 bits per heavy atom. The van der Waals surface area contributed by atoms with Crippen LogP contribution in [0.1, 0.15) is 25.3 Å². The van der Waals surface area contributed by atoms with Crippen LogP contribution < -0.4 is 15.4 Å². The molecule has 2 amide bonds. The molecule has 134 valence electrons. The Balaban J connectivity index is 1.62. The van der Waals surface area contributed by atoms with Crippen LogP contribution in [0.25, 0.3) is 6.08 Å². The van der Waals surface area contributed by atoms with Crippen LogP contribution in [0.4, 0.5) is 11.4 Å². The fourth-order valence-corrected chi connectivity index (χ4v) is 2.52. The van der Waals surface area contributed by atoms with Gasteiger partial charge in [-0.05, 0) is 50.1 Å². The van der Waals surface area contributed by atoms with Crippen molar-refractivity contribution >= 4 is 29.3 Å². The Bertz CT molecular complexity index is 826. The van der Waals surface area contributed by atoms with Gasteiger partial charge in [-0.3, -0.25) is 9.59 Å². The van der Waals surface area contributed by atoms with Crippen LogP contribution in [0.3, 0.4) is 0 Å². The van der Waals surface area contributed by atoms with Gasteiger partial charge in [-0.25, -0.2) is 0 Å². The van der Waals surface area contributed by atoms with E-state index in [-0.39, 0.29) is 17.7 Å². The molecule has 0 spiro atoms. The van der Waals surface area contributed by atoms with Crippen LogP contribution in [0.2, 0.25) is 0 Å². The van der Waals surface area contributed by atoms with Gasteiger partial charge in [-0.15, -0.1) is 0 Å². The van der Waals surface area contributed by atoms with Crippen LogP contribution in [0.15, 0.2) is 54.6 Å². The number of carbonyl (C=O) groups is 2. The van der Waals surface area contributed by atoms with Crippen molar-refractivity contribution in [2.45, 2.75) is 19.8 Å². The smallest absolute Gasteiger partial charge is 0.248 e. The maximum Gasteiger partial charge on any atom is 0.248 e. The molecule has 2 aromatic carbocycles. The van der Waals surface area contributed by atoms with E-state index in [1.165, 1.54) is 6.08 Å². The third kappa shape index (κ3) is 4.96. The van der Waals surface area contributed by atoms with Gasteiger partial charge in [0.05, 0.1) is 6.61 Å². The number of para-hydroxylation sites is 1. The summed E-state index contributed by atoms with van der Waals surface area (Å²) in [5, 5.41) is 5.68. The molecule has 0 aromatic heterocycles. The average molecular weight is 350 g/mol. The zero-order chi connectivity index (χ0) is 18.4. The lowest BCUT2D eigenvalue weighted by molar-refractivity contribution is -0.117. The monoisotopic (exact) mass is 350 g/mol. The highest BCUT2D eigenvalue weighted by Gasteiger charge is 2.29. The van der Waals surface area contributed by atoms with Gasteiger partial charge in [0.1, 0.15) is 5.75 Å². The van der Waals surface area contributed by atoms with Crippen molar-refractivity contribution in [2.75, 3.05) is 17.2 Å². The fourth-order valence-electron chi connectivity index (χ4n) is 2.52. The molecular weight excluding hydrogens is 328 g/mol. The molecule has 2 N–H and O–H groups in total. The minimum atomic E-state index is -0.248. The van der Waals surface area contributed by atoms with Gasteiger partial charge in [0.15, 0.2) is 0 Å². The van der Waals surface area contributed by atoms with Crippen LogP contribution >= 0.6 is 0 Å². The van der Waals surface area contributed by atoms with Crippen molar-refractivity contribution in [1.82, 2.24) is 0 Å². The topological polar surface area (TPSA) is 67.4 Å². The van der Waals surface area contributed by atoms with E-state index in [1.807, 2.05) is 37.3 Å². The molecule has 0 bridgehead atoms. The number of hydrogen-bond donors (Lipinski definition) is 2. The molecule has 0 heterocycles. The van der Waals surface area contributed by atoms with Crippen molar-refractivity contribution in [3.05, 3.63) is 60.2 Å². The highest BCUT2D eigenvalue weighted by Crippen LogP contribution is 2.30. The third-order valence-corrected chi connectivity index (χ3v) is 3.98. The lowest BCUT2D eigenvalue weighted by Gasteiger charge is -2.08. The zero-order valence-electron chi connectivity index (χ0n) is 14.7. The van der Waals surface area contributed by atoms with Gasteiger partial charge >= 0.3 is 0 Å². The van der Waals surface area contributed by atoms with E-state index < -0.39 is 0 Å². The first kappa shape index (κ1) is 17.7. The molecule has 5 nitrogen and oxygen atoms in total. The second-order valence-electron chi connectivity index (χ2n) is 6.14. The first-order valence-corrected chi connectivity index (χ1v) is 8.77. The number of hydrogen-bond acceptors (Lipinski definition) is 3. The van der Waals surface area contributed by atoms with Crippen molar-refractivity contribution in [2.24, 2.45) is 5.92 Å². The summed E-state index contributed by atoms with van der Waals surface area (Å²) >= 11 is 0. The Morgan fingerprint density at radius 1 is 1.08 bits per heavy atom. The summed E-state index contributed by atoms with van der Waals surface area (Å²) in [7, 11) is 0. The number of rotatable bonds is 7. The van der Waals surface area contributed by atoms with Gasteiger partial charge in [0.2, 0.25) is 11.8 Å². The summed E-state index contributed by atoms with van der Waals surface area (Å²) < 4.78 is 5.54. The zero-order valence-corrected chi connectivity index (χ0v) is 14.7. The quantitative estimate of drug-likeness (QED) is 0.739. The molecule has 0 saturated heterocycles. The van der Waals surface area contributed by atoms with Gasteiger partial charge in [0.25, 0.3) is 0 Å². The molecule has 1 fully saturated rings. The van der Waals surface area contributed by atoms with Gasteiger partial charge in [-0.1, -0.05) is 24.3 Å². The first-order valence-electron chi connectivity index (χ1n) is 8.77. The molecule has 1 saturated carbocycles. The summed E-state index contributed by atoms with van der Waals surface area (Å²) in [5.41, 5.74) is 2.16. The number of anilines is 2. The molecule has 1 aliphatic carbocycles. The lowest BCUT2D eigenvalue weighted by atomic mass is 10.2. The van der Waals surface area contributed by atoms with E-state index in [0.717, 1.165) is 24.2 Å². The molecular formula is C21H22N2O3. The average Bonchev–Trinajstić information content (AvgIpc) is 3.47. The molecule has 3 rings (SSSR count). The Kier molecular flexibility index (Phi) is 5.69. The number of ether oxygens (including phenoxy) is 1. The van der Waals surface area contributed by atoms with Crippen molar-refractivity contribution in [3.8, 4) is 5.75 Å². The minimum absolute atomic E-state index is 0.0425. The predicted molar refractivity (Wildman–Crippen MR) is 103 cm³/mol. The highest BCUT2D eigenvalue weighted by molar-refractivity contribution is 6.02. The normalized spacial score (nSPS) is 13.4. The standard InChI is InChI=1S/C21H22N2O3/c1-2-26-19-9-4-3-6-15(19)12-13-20(24)22-17-7-5-8-18(14-17)23-21(25)16-10-11-16/h3-9,12-14,16H,2,10-11H2,1H3,(H,22,24)(H,23,25)/b13-12+. The van der Waals surface area contributed by atoms with Gasteiger partial charge in [-0.2, -0.15) is 0 Å². The fraction of sp³-hybridized carbons (Fsp3) is 0.238. The number of amides is 2. The van der Waals surface area contributed by atoms with E-state index in [9.17, 15) is 9.59 Å². The van der Waals surface area contributed by atoms with Gasteiger partial charge in [0, 0.05) is 28.9 Å². The first-order chi connectivity index (χ1) is 12.7. The molecule has 26 heavy (non-hydrogen) atoms. The molecule has 0 unspecified atom stereocenters. The summed E-state index contributed by atoms with van der Waals surface area (Å²) in [6.07, 6.45) is 5.10. The van der Waals surface area contributed by atoms with E-state index in [0.29, 0.717) is 18.0 Å². The van der Waals surface area contributed by atoms with E-state index in [2.05, 4.69) is 10.6 Å². The van der Waals surface area contributed by atoms with Crippen LogP contribution in [-0.2, 0) is 9.59 Å². The van der Waals surface area contributed by atoms with Crippen LogP contribution in [0, 0.1) is 5.92 Å². The molecule has 1 aliphatic rings. The summed E-state index contributed by atoms with van der Waals surface area (Å²) in [6, 6.07) is 14.7. The number of carbonyl (C=O) groups excluding carboxylic acids is 2. The Morgan fingerprint density at radius 3 is 2.54 bits per heavy atom. The van der Waals surface area contributed by atoms with Crippen LogP contribution in [-0.4, -0.2) is 18.4 Å².